The number of benzene rings is 1. The number of nitrogens with zero attached hydrogens (tertiary/aromatic N) is 2. The fourth-order valence-electron chi connectivity index (χ4n) is 2.31. The van der Waals surface area contributed by atoms with Crippen LogP contribution in [0.15, 0.2) is 10.7 Å². The molecule has 0 aliphatic rings. The fraction of sp³-hybridized carbons (Fsp3) is 0.400. The lowest BCUT2D eigenvalue weighted by atomic mass is 9.93. The highest BCUT2D eigenvalue weighted by Crippen LogP contribution is 2.35. The molecule has 0 spiro atoms. The Morgan fingerprint density at radius 3 is 1.89 bits per heavy atom. The van der Waals surface area contributed by atoms with E-state index >= 15 is 0 Å². The highest BCUT2D eigenvalue weighted by Gasteiger charge is 2.17. The van der Waals surface area contributed by atoms with E-state index in [1.54, 1.807) is 0 Å². The predicted molar refractivity (Wildman–Crippen MR) is 80.0 cm³/mol. The van der Waals surface area contributed by atoms with Crippen LogP contribution in [0.25, 0.3) is 11.3 Å². The lowest BCUT2D eigenvalue weighted by Gasteiger charge is -2.14. The van der Waals surface area contributed by atoms with E-state index < -0.39 is 0 Å². The van der Waals surface area contributed by atoms with E-state index in [2.05, 4.69) is 54.3 Å². The van der Waals surface area contributed by atoms with E-state index in [4.69, 9.17) is 4.98 Å². The monoisotopic (exact) mass is 306 g/mol. The number of halogens is 1. The summed E-state index contributed by atoms with van der Waals surface area (Å²) in [5.74, 6) is 1.02. The molecule has 3 heteroatoms. The Labute approximate surface area is 117 Å². The van der Waals surface area contributed by atoms with E-state index in [9.17, 15) is 0 Å². The van der Waals surface area contributed by atoms with Crippen LogP contribution in [0.5, 0.6) is 0 Å². The molecule has 1 aromatic carbocycles. The van der Waals surface area contributed by atoms with Crippen molar-refractivity contribution in [2.45, 2.75) is 34.6 Å². The Bertz CT molecular complexity index is 598. The van der Waals surface area contributed by atoms with Crippen LogP contribution in [-0.2, 0) is 7.05 Å². The van der Waals surface area contributed by atoms with Gasteiger partial charge < -0.3 is 4.57 Å². The molecule has 0 N–H and O–H groups in total. The third-order valence-corrected chi connectivity index (χ3v) is 4.76. The standard InChI is InChI=1S/C15H19BrN2/c1-8-7-9(2)11(4)13(10(8)3)14-15(16)18(6)12(5)17-14/h7H,1-6H3. The second-order valence-corrected chi connectivity index (χ2v) is 5.74. The van der Waals surface area contributed by atoms with Crippen molar-refractivity contribution in [3.63, 3.8) is 0 Å². The van der Waals surface area contributed by atoms with Gasteiger partial charge in [0.2, 0.25) is 0 Å². The predicted octanol–water partition coefficient (Wildman–Crippen LogP) is 4.39. The minimum atomic E-state index is 1.02. The SMILES string of the molecule is Cc1cc(C)c(C)c(-c2nc(C)n(C)c2Br)c1C. The molecule has 0 bridgehead atoms. The van der Waals surface area contributed by atoms with E-state index in [1.165, 1.54) is 27.8 Å². The maximum absolute atomic E-state index is 4.70. The molecule has 0 aliphatic heterocycles. The molecule has 2 aromatic rings. The number of hydrogen-bond donors (Lipinski definition) is 0. The third kappa shape index (κ3) is 1.91. The highest BCUT2D eigenvalue weighted by molar-refractivity contribution is 9.10. The molecule has 0 aliphatic carbocycles. The highest BCUT2D eigenvalue weighted by atomic mass is 79.9. The molecule has 96 valence electrons. The average molecular weight is 307 g/mol. The van der Waals surface area contributed by atoms with Gasteiger partial charge in [0.05, 0.1) is 0 Å². The van der Waals surface area contributed by atoms with Gasteiger partial charge in [-0.2, -0.15) is 0 Å². The van der Waals surface area contributed by atoms with Crippen LogP contribution in [0.3, 0.4) is 0 Å². The molecule has 2 nitrogen and oxygen atoms in total. The number of imidazole rings is 1. The van der Waals surface area contributed by atoms with Crippen LogP contribution in [0.2, 0.25) is 0 Å². The Kier molecular flexibility index (Phi) is 3.37. The molecule has 2 rings (SSSR count). The fourth-order valence-corrected chi connectivity index (χ4v) is 2.86. The van der Waals surface area contributed by atoms with Crippen molar-refractivity contribution in [3.8, 4) is 11.3 Å². The van der Waals surface area contributed by atoms with Crippen molar-refractivity contribution >= 4 is 15.9 Å². The largest absolute Gasteiger partial charge is 0.326 e. The van der Waals surface area contributed by atoms with E-state index in [0.29, 0.717) is 0 Å². The van der Waals surface area contributed by atoms with Crippen LogP contribution in [0, 0.1) is 34.6 Å². The van der Waals surface area contributed by atoms with Crippen molar-refractivity contribution < 1.29 is 0 Å². The summed E-state index contributed by atoms with van der Waals surface area (Å²) < 4.78 is 3.13. The van der Waals surface area contributed by atoms with Crippen LogP contribution in [0.1, 0.15) is 28.1 Å². The van der Waals surface area contributed by atoms with E-state index in [0.717, 1.165) is 16.1 Å². The molecule has 0 radical (unpaired) electrons. The number of hydrogen-bond acceptors (Lipinski definition) is 1. The molecular formula is C15H19BrN2. The van der Waals surface area contributed by atoms with Gasteiger partial charge in [-0.25, -0.2) is 4.98 Å². The van der Waals surface area contributed by atoms with Gasteiger partial charge in [-0.3, -0.25) is 0 Å². The molecule has 0 saturated heterocycles. The second-order valence-electron chi connectivity index (χ2n) is 4.99. The maximum atomic E-state index is 4.70. The van der Waals surface area contributed by atoms with Gasteiger partial charge >= 0.3 is 0 Å². The molecule has 0 unspecified atom stereocenters. The lowest BCUT2D eigenvalue weighted by Crippen LogP contribution is -1.96. The van der Waals surface area contributed by atoms with Crippen LogP contribution in [-0.4, -0.2) is 9.55 Å². The average Bonchev–Trinajstić information content (AvgIpc) is 2.55. The zero-order valence-corrected chi connectivity index (χ0v) is 13.4. The van der Waals surface area contributed by atoms with Crippen molar-refractivity contribution in [2.24, 2.45) is 7.05 Å². The Morgan fingerprint density at radius 1 is 1.00 bits per heavy atom. The van der Waals surface area contributed by atoms with Gasteiger partial charge in [-0.05, 0) is 72.8 Å². The zero-order chi connectivity index (χ0) is 13.6. The number of rotatable bonds is 1. The summed E-state index contributed by atoms with van der Waals surface area (Å²) in [7, 11) is 2.03. The van der Waals surface area contributed by atoms with Gasteiger partial charge in [0.25, 0.3) is 0 Å². The Balaban J connectivity index is 2.82. The first-order chi connectivity index (χ1) is 8.34. The van der Waals surface area contributed by atoms with Gasteiger partial charge in [-0.15, -0.1) is 0 Å². The molecule has 18 heavy (non-hydrogen) atoms. The van der Waals surface area contributed by atoms with Gasteiger partial charge in [0.15, 0.2) is 0 Å². The molecule has 0 saturated carbocycles. The smallest absolute Gasteiger partial charge is 0.112 e. The first-order valence-electron chi connectivity index (χ1n) is 6.11. The first-order valence-corrected chi connectivity index (χ1v) is 6.90. The first kappa shape index (κ1) is 13.3. The van der Waals surface area contributed by atoms with Crippen molar-refractivity contribution in [1.29, 1.82) is 0 Å². The zero-order valence-electron chi connectivity index (χ0n) is 11.8. The summed E-state index contributed by atoms with van der Waals surface area (Å²) in [6.07, 6.45) is 0. The Hall–Kier alpha value is -1.09. The van der Waals surface area contributed by atoms with Crippen LogP contribution < -0.4 is 0 Å². The topological polar surface area (TPSA) is 17.8 Å². The third-order valence-electron chi connectivity index (χ3n) is 3.85. The summed E-state index contributed by atoms with van der Waals surface area (Å²) in [6.45, 7) is 10.7. The summed E-state index contributed by atoms with van der Waals surface area (Å²) in [5.41, 5.74) is 7.60. The van der Waals surface area contributed by atoms with Crippen molar-refractivity contribution in [1.82, 2.24) is 9.55 Å². The molecule has 0 amide bonds. The van der Waals surface area contributed by atoms with Gasteiger partial charge in [-0.1, -0.05) is 6.07 Å². The molecule has 0 atom stereocenters. The normalized spacial score (nSPS) is 11.1. The summed E-state index contributed by atoms with van der Waals surface area (Å²) in [4.78, 5) is 4.70. The summed E-state index contributed by atoms with van der Waals surface area (Å²) >= 11 is 3.66. The second kappa shape index (κ2) is 4.54. The molecule has 1 heterocycles. The Morgan fingerprint density at radius 2 is 1.50 bits per heavy atom. The lowest BCUT2D eigenvalue weighted by molar-refractivity contribution is 0.840. The minimum Gasteiger partial charge on any atom is -0.326 e. The molecule has 1 aromatic heterocycles. The van der Waals surface area contributed by atoms with Gasteiger partial charge in [0, 0.05) is 12.6 Å². The summed E-state index contributed by atoms with van der Waals surface area (Å²) in [6, 6.07) is 2.25. The number of aromatic nitrogens is 2. The summed E-state index contributed by atoms with van der Waals surface area (Å²) in [5, 5.41) is 0. The van der Waals surface area contributed by atoms with E-state index in [-0.39, 0.29) is 0 Å². The van der Waals surface area contributed by atoms with Gasteiger partial charge in [0.1, 0.15) is 16.1 Å². The van der Waals surface area contributed by atoms with Crippen molar-refractivity contribution in [2.75, 3.05) is 0 Å². The van der Waals surface area contributed by atoms with Crippen LogP contribution >= 0.6 is 15.9 Å². The van der Waals surface area contributed by atoms with E-state index in [1.807, 2.05) is 14.0 Å². The molecule has 0 fully saturated rings. The van der Waals surface area contributed by atoms with Crippen LogP contribution in [0.4, 0.5) is 0 Å². The van der Waals surface area contributed by atoms with Crippen molar-refractivity contribution in [3.05, 3.63) is 38.7 Å². The quantitative estimate of drug-likeness (QED) is 0.764. The number of aryl methyl sites for hydroxylation is 3. The maximum Gasteiger partial charge on any atom is 0.112 e. The minimum absolute atomic E-state index is 1.02. The molecular weight excluding hydrogens is 288 g/mol.